The van der Waals surface area contributed by atoms with E-state index in [0.717, 1.165) is 30.4 Å². The van der Waals surface area contributed by atoms with E-state index in [2.05, 4.69) is 10.4 Å². The van der Waals surface area contributed by atoms with Crippen LogP contribution < -0.4 is 5.32 Å². The minimum atomic E-state index is -0.286. The third-order valence-corrected chi connectivity index (χ3v) is 3.99. The van der Waals surface area contributed by atoms with Crippen LogP contribution in [-0.2, 0) is 24.7 Å². The van der Waals surface area contributed by atoms with E-state index in [-0.39, 0.29) is 24.2 Å². The van der Waals surface area contributed by atoms with Gasteiger partial charge in [0.15, 0.2) is 0 Å². The first-order chi connectivity index (χ1) is 10.1. The summed E-state index contributed by atoms with van der Waals surface area (Å²) in [6.07, 6.45) is 5.11. The normalized spacial score (nSPS) is 17.3. The zero-order chi connectivity index (χ0) is 14.8. The molecule has 5 heteroatoms. The molecule has 1 amide bonds. The maximum Gasteiger partial charge on any atom is 0.224 e. The van der Waals surface area contributed by atoms with E-state index < -0.39 is 0 Å². The van der Waals surface area contributed by atoms with Gasteiger partial charge in [0.1, 0.15) is 5.82 Å². The number of carbonyl (C=O) groups is 1. The molecule has 0 unspecified atom stereocenters. The molecule has 1 aliphatic rings. The van der Waals surface area contributed by atoms with E-state index in [1.54, 1.807) is 12.1 Å². The Morgan fingerprint density at radius 1 is 1.43 bits per heavy atom. The Labute approximate surface area is 123 Å². The highest BCUT2D eigenvalue weighted by molar-refractivity contribution is 5.79. The second-order valence-corrected chi connectivity index (χ2v) is 5.49. The molecule has 0 spiro atoms. The number of rotatable bonds is 3. The predicted octanol–water partition coefficient (Wildman–Crippen LogP) is 2.30. The topological polar surface area (TPSA) is 46.9 Å². The highest BCUT2D eigenvalue weighted by atomic mass is 19.1. The lowest BCUT2D eigenvalue weighted by atomic mass is 9.93. The SMILES string of the molecule is Cn1ncc2c1CCC[C@@H]2NC(=O)Cc1ccc(F)cc1. The molecule has 1 N–H and O–H groups in total. The number of amides is 1. The molecular weight excluding hydrogens is 269 g/mol. The number of nitrogens with zero attached hydrogens (tertiary/aromatic N) is 2. The van der Waals surface area contributed by atoms with Crippen LogP contribution in [0.15, 0.2) is 30.5 Å². The summed E-state index contributed by atoms with van der Waals surface area (Å²) in [4.78, 5) is 12.2. The van der Waals surface area contributed by atoms with E-state index >= 15 is 0 Å². The highest BCUT2D eigenvalue weighted by Crippen LogP contribution is 2.29. The molecule has 110 valence electrons. The van der Waals surface area contributed by atoms with Gasteiger partial charge in [0.05, 0.1) is 18.7 Å². The van der Waals surface area contributed by atoms with Crippen molar-refractivity contribution in [2.75, 3.05) is 0 Å². The Balaban J connectivity index is 1.67. The second kappa shape index (κ2) is 5.68. The van der Waals surface area contributed by atoms with Gasteiger partial charge < -0.3 is 5.32 Å². The van der Waals surface area contributed by atoms with E-state index in [1.807, 2.05) is 17.9 Å². The second-order valence-electron chi connectivity index (χ2n) is 5.49. The van der Waals surface area contributed by atoms with Gasteiger partial charge in [0.2, 0.25) is 5.91 Å². The van der Waals surface area contributed by atoms with Crippen molar-refractivity contribution < 1.29 is 9.18 Å². The van der Waals surface area contributed by atoms with E-state index in [1.165, 1.54) is 17.8 Å². The Hall–Kier alpha value is -2.17. The van der Waals surface area contributed by atoms with Gasteiger partial charge in [0, 0.05) is 18.3 Å². The van der Waals surface area contributed by atoms with Crippen LogP contribution in [0.5, 0.6) is 0 Å². The van der Waals surface area contributed by atoms with Crippen molar-refractivity contribution in [1.82, 2.24) is 15.1 Å². The first-order valence-corrected chi connectivity index (χ1v) is 7.18. The van der Waals surface area contributed by atoms with Crippen LogP contribution in [0.25, 0.3) is 0 Å². The lowest BCUT2D eigenvalue weighted by Crippen LogP contribution is -2.32. The summed E-state index contributed by atoms with van der Waals surface area (Å²) >= 11 is 0. The summed E-state index contributed by atoms with van der Waals surface area (Å²) in [5, 5.41) is 7.34. The minimum Gasteiger partial charge on any atom is -0.349 e. The third kappa shape index (κ3) is 2.96. The summed E-state index contributed by atoms with van der Waals surface area (Å²) in [5.74, 6) is -0.324. The molecule has 4 nitrogen and oxygen atoms in total. The zero-order valence-corrected chi connectivity index (χ0v) is 12.0. The van der Waals surface area contributed by atoms with Gasteiger partial charge in [-0.05, 0) is 37.0 Å². The average molecular weight is 287 g/mol. The maximum atomic E-state index is 12.9. The number of nitrogens with one attached hydrogen (secondary N) is 1. The summed E-state index contributed by atoms with van der Waals surface area (Å²) < 4.78 is 14.7. The number of fused-ring (bicyclic) bond motifs is 1. The first kappa shape index (κ1) is 13.8. The van der Waals surface area contributed by atoms with Gasteiger partial charge in [-0.1, -0.05) is 12.1 Å². The molecule has 1 aliphatic carbocycles. The van der Waals surface area contributed by atoms with Crippen molar-refractivity contribution in [3.05, 3.63) is 53.1 Å². The van der Waals surface area contributed by atoms with Crippen molar-refractivity contribution >= 4 is 5.91 Å². The van der Waals surface area contributed by atoms with Crippen LogP contribution in [0.1, 0.15) is 35.7 Å². The van der Waals surface area contributed by atoms with E-state index in [9.17, 15) is 9.18 Å². The number of aryl methyl sites for hydroxylation is 1. The van der Waals surface area contributed by atoms with Gasteiger partial charge in [-0.3, -0.25) is 9.48 Å². The number of aromatic nitrogens is 2. The van der Waals surface area contributed by atoms with Crippen LogP contribution in [0, 0.1) is 5.82 Å². The number of benzene rings is 1. The third-order valence-electron chi connectivity index (χ3n) is 3.99. The molecule has 1 heterocycles. The molecule has 1 aromatic heterocycles. The van der Waals surface area contributed by atoms with Gasteiger partial charge in [-0.25, -0.2) is 4.39 Å². The summed E-state index contributed by atoms with van der Waals surface area (Å²) in [7, 11) is 1.93. The molecule has 21 heavy (non-hydrogen) atoms. The Kier molecular flexibility index (Phi) is 3.73. The average Bonchev–Trinajstić information content (AvgIpc) is 2.84. The smallest absolute Gasteiger partial charge is 0.224 e. The highest BCUT2D eigenvalue weighted by Gasteiger charge is 2.24. The molecule has 0 bridgehead atoms. The molecule has 0 saturated carbocycles. The van der Waals surface area contributed by atoms with Crippen molar-refractivity contribution in [3.8, 4) is 0 Å². The predicted molar refractivity (Wildman–Crippen MR) is 77.1 cm³/mol. The largest absolute Gasteiger partial charge is 0.349 e. The Morgan fingerprint density at radius 2 is 2.19 bits per heavy atom. The van der Waals surface area contributed by atoms with Crippen LogP contribution in [0.4, 0.5) is 4.39 Å². The van der Waals surface area contributed by atoms with Crippen molar-refractivity contribution in [3.63, 3.8) is 0 Å². The minimum absolute atomic E-state index is 0.0374. The molecule has 0 radical (unpaired) electrons. The lowest BCUT2D eigenvalue weighted by molar-refractivity contribution is -0.121. The van der Waals surface area contributed by atoms with Crippen molar-refractivity contribution in [2.45, 2.75) is 31.7 Å². The number of halogens is 1. The maximum absolute atomic E-state index is 12.9. The lowest BCUT2D eigenvalue weighted by Gasteiger charge is -2.23. The van der Waals surface area contributed by atoms with Gasteiger partial charge in [0.25, 0.3) is 0 Å². The molecule has 2 aromatic rings. The summed E-state index contributed by atoms with van der Waals surface area (Å²) in [6, 6.07) is 6.08. The van der Waals surface area contributed by atoms with Crippen molar-refractivity contribution in [1.29, 1.82) is 0 Å². The molecule has 1 aromatic carbocycles. The fraction of sp³-hybridized carbons (Fsp3) is 0.375. The van der Waals surface area contributed by atoms with Crippen LogP contribution >= 0.6 is 0 Å². The number of carbonyl (C=O) groups excluding carboxylic acids is 1. The standard InChI is InChI=1S/C16H18FN3O/c1-20-15-4-2-3-14(13(15)10-18-20)19-16(21)9-11-5-7-12(17)8-6-11/h5-8,10,14H,2-4,9H2,1H3,(H,19,21)/t14-/m0/s1. The van der Waals surface area contributed by atoms with E-state index in [0.29, 0.717) is 0 Å². The molecular formula is C16H18FN3O. The molecule has 0 fully saturated rings. The van der Waals surface area contributed by atoms with Gasteiger partial charge in [-0.2, -0.15) is 5.10 Å². The van der Waals surface area contributed by atoms with Crippen molar-refractivity contribution in [2.24, 2.45) is 7.05 Å². The van der Waals surface area contributed by atoms with Crippen LogP contribution in [-0.4, -0.2) is 15.7 Å². The fourth-order valence-electron chi connectivity index (χ4n) is 2.89. The number of hydrogen-bond donors (Lipinski definition) is 1. The molecule has 0 aliphatic heterocycles. The first-order valence-electron chi connectivity index (χ1n) is 7.18. The van der Waals surface area contributed by atoms with Crippen LogP contribution in [0.2, 0.25) is 0 Å². The summed E-state index contributed by atoms with van der Waals surface area (Å²) in [5.41, 5.74) is 3.14. The summed E-state index contributed by atoms with van der Waals surface area (Å²) in [6.45, 7) is 0. The zero-order valence-electron chi connectivity index (χ0n) is 12.0. The fourth-order valence-corrected chi connectivity index (χ4v) is 2.89. The molecule has 3 rings (SSSR count). The van der Waals surface area contributed by atoms with Gasteiger partial charge in [-0.15, -0.1) is 0 Å². The Morgan fingerprint density at radius 3 is 2.95 bits per heavy atom. The quantitative estimate of drug-likeness (QED) is 0.941. The Bertz CT molecular complexity index is 648. The monoisotopic (exact) mass is 287 g/mol. The van der Waals surface area contributed by atoms with Gasteiger partial charge >= 0.3 is 0 Å². The molecule has 0 saturated heterocycles. The number of hydrogen-bond acceptors (Lipinski definition) is 2. The molecule has 1 atom stereocenters. The van der Waals surface area contributed by atoms with E-state index in [4.69, 9.17) is 0 Å². The van der Waals surface area contributed by atoms with Crippen LogP contribution in [0.3, 0.4) is 0 Å².